The van der Waals surface area contributed by atoms with E-state index < -0.39 is 37.1 Å². The van der Waals surface area contributed by atoms with Crippen molar-refractivity contribution in [2.24, 2.45) is 0 Å². The third-order valence-electron chi connectivity index (χ3n) is 6.72. The number of ether oxygens (including phenoxy) is 3. The molecule has 3 aliphatic rings. The zero-order valence-electron chi connectivity index (χ0n) is 17.5. The van der Waals surface area contributed by atoms with Crippen molar-refractivity contribution < 1.29 is 34.6 Å². The Labute approximate surface area is 191 Å². The normalized spacial score (nSPS) is 34.0. The van der Waals surface area contributed by atoms with E-state index in [1.54, 1.807) is 12.1 Å². The van der Waals surface area contributed by atoms with Gasteiger partial charge in [-0.05, 0) is 40.8 Å². The maximum Gasteiger partial charge on any atom is 0.139 e. The SMILES string of the molecule is OC[C@H]1O[C@H](c2ccc(Cl)c(Cc3ccc4c(c3)CC3(CCOC3)O4)c2)[C@H](O)[C@@H](O)[C@@H]1O. The molecule has 1 spiro atoms. The monoisotopic (exact) mass is 462 g/mol. The first kappa shape index (κ1) is 22.1. The zero-order valence-corrected chi connectivity index (χ0v) is 18.2. The minimum Gasteiger partial charge on any atom is -0.484 e. The summed E-state index contributed by atoms with van der Waals surface area (Å²) < 4.78 is 17.4. The highest BCUT2D eigenvalue weighted by atomic mass is 35.5. The van der Waals surface area contributed by atoms with Crippen LogP contribution in [0.2, 0.25) is 5.02 Å². The lowest BCUT2D eigenvalue weighted by atomic mass is 9.90. The molecular formula is C24H27ClO7. The average molecular weight is 463 g/mol. The molecule has 5 rings (SSSR count). The van der Waals surface area contributed by atoms with Gasteiger partial charge in [-0.15, -0.1) is 0 Å². The van der Waals surface area contributed by atoms with Gasteiger partial charge in [0.1, 0.15) is 41.9 Å². The number of benzene rings is 2. The Morgan fingerprint density at radius 2 is 1.88 bits per heavy atom. The highest BCUT2D eigenvalue weighted by Crippen LogP contribution is 2.40. The summed E-state index contributed by atoms with van der Waals surface area (Å²) in [6, 6.07) is 11.4. The van der Waals surface area contributed by atoms with Gasteiger partial charge < -0.3 is 34.6 Å². The summed E-state index contributed by atoms with van der Waals surface area (Å²) in [6.07, 6.45) is -3.70. The predicted octanol–water partition coefficient (Wildman–Crippen LogP) is 1.54. The van der Waals surface area contributed by atoms with Crippen molar-refractivity contribution in [3.63, 3.8) is 0 Å². The van der Waals surface area contributed by atoms with Gasteiger partial charge in [0.05, 0.1) is 19.8 Å². The second-order valence-corrected chi connectivity index (χ2v) is 9.39. The quantitative estimate of drug-likeness (QED) is 0.545. The summed E-state index contributed by atoms with van der Waals surface area (Å²) in [4.78, 5) is 0. The molecule has 1 unspecified atom stereocenters. The molecule has 2 aromatic rings. The molecule has 6 atom stereocenters. The van der Waals surface area contributed by atoms with E-state index >= 15 is 0 Å². The number of hydrogen-bond donors (Lipinski definition) is 4. The van der Waals surface area contributed by atoms with E-state index in [4.69, 9.17) is 25.8 Å². The van der Waals surface area contributed by atoms with Crippen LogP contribution in [0.25, 0.3) is 0 Å². The first-order valence-corrected chi connectivity index (χ1v) is 11.2. The standard InChI is InChI=1S/C24H27ClO7/c25-17-3-2-14(23-22(29)21(28)20(27)19(11-26)31-23)9-15(17)7-13-1-4-18-16(8-13)10-24(32-18)5-6-30-12-24/h1-4,8-9,19-23,26-29H,5-7,10-12H2/t19-,20-,21+,22-,23-,24?/m1/s1. The molecule has 0 bridgehead atoms. The minimum atomic E-state index is -1.42. The molecule has 4 N–H and O–H groups in total. The third kappa shape index (κ3) is 3.92. The van der Waals surface area contributed by atoms with Gasteiger partial charge in [-0.1, -0.05) is 35.9 Å². The van der Waals surface area contributed by atoms with Crippen molar-refractivity contribution in [1.29, 1.82) is 0 Å². The molecular weight excluding hydrogens is 436 g/mol. The van der Waals surface area contributed by atoms with E-state index in [0.29, 0.717) is 23.6 Å². The number of aliphatic hydroxyl groups excluding tert-OH is 4. The lowest BCUT2D eigenvalue weighted by Crippen LogP contribution is -2.55. The van der Waals surface area contributed by atoms with Gasteiger partial charge in [0.2, 0.25) is 0 Å². The van der Waals surface area contributed by atoms with Crippen molar-refractivity contribution >= 4 is 11.6 Å². The molecule has 0 amide bonds. The summed E-state index contributed by atoms with van der Waals surface area (Å²) in [5.41, 5.74) is 3.47. The van der Waals surface area contributed by atoms with Gasteiger partial charge in [0, 0.05) is 17.9 Å². The number of halogens is 1. The Hall–Kier alpha value is -1.71. The van der Waals surface area contributed by atoms with Crippen molar-refractivity contribution in [2.45, 2.75) is 55.4 Å². The van der Waals surface area contributed by atoms with Crippen molar-refractivity contribution in [1.82, 2.24) is 0 Å². The van der Waals surface area contributed by atoms with Crippen LogP contribution in [0.5, 0.6) is 5.75 Å². The maximum absolute atomic E-state index is 10.5. The Kier molecular flexibility index (Phi) is 5.92. The van der Waals surface area contributed by atoms with Crippen LogP contribution in [0.4, 0.5) is 0 Å². The van der Waals surface area contributed by atoms with E-state index in [0.717, 1.165) is 41.9 Å². The van der Waals surface area contributed by atoms with Gasteiger partial charge in [0.15, 0.2) is 0 Å². The average Bonchev–Trinajstić information content (AvgIpc) is 3.39. The first-order chi connectivity index (χ1) is 15.4. The molecule has 0 aromatic heterocycles. The fourth-order valence-electron chi connectivity index (χ4n) is 4.91. The highest BCUT2D eigenvalue weighted by Gasteiger charge is 2.44. The van der Waals surface area contributed by atoms with Crippen LogP contribution in [-0.4, -0.2) is 70.3 Å². The van der Waals surface area contributed by atoms with E-state index in [2.05, 4.69) is 6.07 Å². The molecule has 3 heterocycles. The van der Waals surface area contributed by atoms with Gasteiger partial charge >= 0.3 is 0 Å². The minimum absolute atomic E-state index is 0.234. The maximum atomic E-state index is 10.5. The fraction of sp³-hybridized carbons (Fsp3) is 0.500. The second-order valence-electron chi connectivity index (χ2n) is 8.98. The summed E-state index contributed by atoms with van der Waals surface area (Å²) in [6.45, 7) is 0.872. The molecule has 8 heteroatoms. The molecule has 32 heavy (non-hydrogen) atoms. The predicted molar refractivity (Wildman–Crippen MR) is 116 cm³/mol. The third-order valence-corrected chi connectivity index (χ3v) is 7.08. The van der Waals surface area contributed by atoms with Crippen LogP contribution >= 0.6 is 11.6 Å². The van der Waals surface area contributed by atoms with E-state index in [-0.39, 0.29) is 5.60 Å². The van der Waals surface area contributed by atoms with Crippen LogP contribution in [0.1, 0.15) is 34.8 Å². The molecule has 0 radical (unpaired) electrons. The molecule has 2 saturated heterocycles. The largest absolute Gasteiger partial charge is 0.484 e. The Bertz CT molecular complexity index is 988. The number of aliphatic hydroxyl groups is 4. The van der Waals surface area contributed by atoms with Crippen LogP contribution in [0.15, 0.2) is 36.4 Å². The van der Waals surface area contributed by atoms with Gasteiger partial charge in [-0.3, -0.25) is 0 Å². The number of rotatable bonds is 4. The Balaban J connectivity index is 1.37. The topological polar surface area (TPSA) is 109 Å². The molecule has 2 aromatic carbocycles. The highest BCUT2D eigenvalue weighted by molar-refractivity contribution is 6.31. The Morgan fingerprint density at radius 3 is 2.62 bits per heavy atom. The van der Waals surface area contributed by atoms with E-state index in [1.165, 1.54) is 0 Å². The number of fused-ring (bicyclic) bond motifs is 1. The molecule has 3 aliphatic heterocycles. The molecule has 2 fully saturated rings. The Morgan fingerprint density at radius 1 is 1.03 bits per heavy atom. The van der Waals surface area contributed by atoms with Crippen LogP contribution in [0, 0.1) is 0 Å². The van der Waals surface area contributed by atoms with Crippen molar-refractivity contribution in [3.8, 4) is 5.75 Å². The smallest absolute Gasteiger partial charge is 0.139 e. The molecule has 0 aliphatic carbocycles. The molecule has 172 valence electrons. The fourth-order valence-corrected chi connectivity index (χ4v) is 5.09. The molecule has 0 saturated carbocycles. The van der Waals surface area contributed by atoms with E-state index in [1.807, 2.05) is 18.2 Å². The van der Waals surface area contributed by atoms with Gasteiger partial charge in [-0.2, -0.15) is 0 Å². The summed E-state index contributed by atoms with van der Waals surface area (Å²) >= 11 is 6.47. The molecule has 7 nitrogen and oxygen atoms in total. The van der Waals surface area contributed by atoms with Gasteiger partial charge in [-0.25, -0.2) is 0 Å². The zero-order chi connectivity index (χ0) is 22.5. The van der Waals surface area contributed by atoms with E-state index in [9.17, 15) is 20.4 Å². The van der Waals surface area contributed by atoms with Crippen molar-refractivity contribution in [3.05, 3.63) is 63.7 Å². The first-order valence-electron chi connectivity index (χ1n) is 10.9. The summed E-state index contributed by atoms with van der Waals surface area (Å²) in [7, 11) is 0. The number of hydrogen-bond acceptors (Lipinski definition) is 7. The lowest BCUT2D eigenvalue weighted by molar-refractivity contribution is -0.231. The summed E-state index contributed by atoms with van der Waals surface area (Å²) in [5, 5.41) is 40.7. The lowest BCUT2D eigenvalue weighted by Gasteiger charge is -2.40. The van der Waals surface area contributed by atoms with Gasteiger partial charge in [0.25, 0.3) is 0 Å². The van der Waals surface area contributed by atoms with Crippen LogP contribution in [-0.2, 0) is 22.3 Å². The summed E-state index contributed by atoms with van der Waals surface area (Å²) in [5.74, 6) is 0.903. The van der Waals surface area contributed by atoms with Crippen LogP contribution < -0.4 is 4.74 Å². The van der Waals surface area contributed by atoms with Crippen molar-refractivity contribution in [2.75, 3.05) is 19.8 Å². The van der Waals surface area contributed by atoms with Crippen LogP contribution in [0.3, 0.4) is 0 Å². The second kappa shape index (κ2) is 8.57.